The highest BCUT2D eigenvalue weighted by molar-refractivity contribution is 5.94. The molecule has 0 bridgehead atoms. The summed E-state index contributed by atoms with van der Waals surface area (Å²) < 4.78 is 5.22. The number of fused-ring (bicyclic) bond motifs is 1. The molecule has 0 unspecified atom stereocenters. The molecule has 0 spiro atoms. The third-order valence-corrected chi connectivity index (χ3v) is 5.72. The Labute approximate surface area is 186 Å². The van der Waals surface area contributed by atoms with Crippen molar-refractivity contribution < 1.29 is 4.74 Å². The summed E-state index contributed by atoms with van der Waals surface area (Å²) in [5.74, 6) is 2.21. The Morgan fingerprint density at radius 1 is 0.906 bits per heavy atom. The SMILES string of the molecule is COc1ccnc(N2CCN(c3ccc4cccc(-c5cccc(C#N)c5)c4n3)CC2)n1. The van der Waals surface area contributed by atoms with Gasteiger partial charge in [0.15, 0.2) is 0 Å². The van der Waals surface area contributed by atoms with E-state index in [1.165, 1.54) is 0 Å². The van der Waals surface area contributed by atoms with Crippen LogP contribution in [0.1, 0.15) is 5.56 Å². The average Bonchev–Trinajstić information content (AvgIpc) is 2.88. The number of benzene rings is 2. The van der Waals surface area contributed by atoms with Gasteiger partial charge >= 0.3 is 0 Å². The van der Waals surface area contributed by atoms with Crippen LogP contribution in [0.25, 0.3) is 22.0 Å². The highest BCUT2D eigenvalue weighted by atomic mass is 16.5. The Kier molecular flexibility index (Phi) is 5.26. The average molecular weight is 422 g/mol. The molecule has 7 heteroatoms. The summed E-state index contributed by atoms with van der Waals surface area (Å²) in [4.78, 5) is 18.3. The molecule has 3 heterocycles. The maximum atomic E-state index is 9.28. The number of anilines is 2. The summed E-state index contributed by atoms with van der Waals surface area (Å²) in [6.45, 7) is 3.26. The van der Waals surface area contributed by atoms with E-state index in [1.54, 1.807) is 19.4 Å². The summed E-state index contributed by atoms with van der Waals surface area (Å²) >= 11 is 0. The molecule has 1 aliphatic rings. The third kappa shape index (κ3) is 3.79. The molecule has 0 N–H and O–H groups in total. The van der Waals surface area contributed by atoms with Crippen molar-refractivity contribution in [3.8, 4) is 23.1 Å². The van der Waals surface area contributed by atoms with Crippen LogP contribution in [-0.2, 0) is 0 Å². The van der Waals surface area contributed by atoms with Crippen LogP contribution in [0.4, 0.5) is 11.8 Å². The largest absolute Gasteiger partial charge is 0.481 e. The number of para-hydroxylation sites is 1. The van der Waals surface area contributed by atoms with E-state index in [1.807, 2.05) is 30.3 Å². The van der Waals surface area contributed by atoms with Crippen LogP contribution in [-0.4, -0.2) is 48.2 Å². The van der Waals surface area contributed by atoms with Crippen LogP contribution >= 0.6 is 0 Å². The van der Waals surface area contributed by atoms with Gasteiger partial charge in [-0.1, -0.05) is 30.3 Å². The zero-order chi connectivity index (χ0) is 21.9. The van der Waals surface area contributed by atoms with Crippen molar-refractivity contribution in [1.29, 1.82) is 5.26 Å². The lowest BCUT2D eigenvalue weighted by atomic mass is 10.0. The minimum Gasteiger partial charge on any atom is -0.481 e. The molecule has 5 rings (SSSR count). The summed E-state index contributed by atoms with van der Waals surface area (Å²) in [5.41, 5.74) is 3.62. The Hall–Kier alpha value is -4.18. The smallest absolute Gasteiger partial charge is 0.228 e. The summed E-state index contributed by atoms with van der Waals surface area (Å²) in [7, 11) is 1.61. The van der Waals surface area contributed by atoms with Gasteiger partial charge in [0, 0.05) is 49.4 Å². The number of aromatic nitrogens is 3. The van der Waals surface area contributed by atoms with Gasteiger partial charge in [0.25, 0.3) is 0 Å². The van der Waals surface area contributed by atoms with Crippen molar-refractivity contribution >= 4 is 22.7 Å². The van der Waals surface area contributed by atoms with Gasteiger partial charge in [-0.15, -0.1) is 0 Å². The van der Waals surface area contributed by atoms with Gasteiger partial charge in [0.2, 0.25) is 11.8 Å². The summed E-state index contributed by atoms with van der Waals surface area (Å²) in [6, 6.07) is 22.0. The van der Waals surface area contributed by atoms with Gasteiger partial charge in [0.05, 0.1) is 24.3 Å². The van der Waals surface area contributed by atoms with E-state index < -0.39 is 0 Å². The number of nitriles is 1. The molecular weight excluding hydrogens is 400 g/mol. The van der Waals surface area contributed by atoms with Gasteiger partial charge in [-0.2, -0.15) is 10.2 Å². The quantitative estimate of drug-likeness (QED) is 0.494. The lowest BCUT2D eigenvalue weighted by Crippen LogP contribution is -2.47. The van der Waals surface area contributed by atoms with Crippen LogP contribution in [0.5, 0.6) is 5.88 Å². The monoisotopic (exact) mass is 422 g/mol. The van der Waals surface area contributed by atoms with Gasteiger partial charge in [-0.25, -0.2) is 9.97 Å². The first kappa shape index (κ1) is 19.8. The molecular formula is C25H22N6O. The summed E-state index contributed by atoms with van der Waals surface area (Å²) in [5, 5.41) is 10.4. The number of ether oxygens (including phenoxy) is 1. The third-order valence-electron chi connectivity index (χ3n) is 5.72. The van der Waals surface area contributed by atoms with Gasteiger partial charge in [-0.3, -0.25) is 0 Å². The molecule has 2 aromatic carbocycles. The van der Waals surface area contributed by atoms with Gasteiger partial charge in [-0.05, 0) is 29.8 Å². The van der Waals surface area contributed by atoms with E-state index in [-0.39, 0.29) is 0 Å². The molecule has 0 amide bonds. The number of hydrogen-bond donors (Lipinski definition) is 0. The minimum absolute atomic E-state index is 0.571. The topological polar surface area (TPSA) is 78.2 Å². The molecule has 1 fully saturated rings. The Balaban J connectivity index is 1.41. The van der Waals surface area contributed by atoms with E-state index >= 15 is 0 Å². The fourth-order valence-electron chi connectivity index (χ4n) is 4.04. The van der Waals surface area contributed by atoms with Crippen molar-refractivity contribution in [2.24, 2.45) is 0 Å². The van der Waals surface area contributed by atoms with Crippen LogP contribution in [0.15, 0.2) is 66.9 Å². The van der Waals surface area contributed by atoms with E-state index in [0.717, 1.165) is 54.0 Å². The normalized spacial score (nSPS) is 13.8. The number of nitrogens with zero attached hydrogens (tertiary/aromatic N) is 6. The Morgan fingerprint density at radius 2 is 1.72 bits per heavy atom. The van der Waals surface area contributed by atoms with Crippen LogP contribution < -0.4 is 14.5 Å². The van der Waals surface area contributed by atoms with Crippen LogP contribution in [0.3, 0.4) is 0 Å². The molecule has 0 saturated carbocycles. The molecule has 158 valence electrons. The fraction of sp³-hybridized carbons (Fsp3) is 0.200. The predicted molar refractivity (Wildman–Crippen MR) is 125 cm³/mol. The van der Waals surface area contributed by atoms with Crippen molar-refractivity contribution in [1.82, 2.24) is 15.0 Å². The lowest BCUT2D eigenvalue weighted by molar-refractivity contribution is 0.396. The molecule has 7 nitrogen and oxygen atoms in total. The molecule has 4 aromatic rings. The Morgan fingerprint density at radius 3 is 2.53 bits per heavy atom. The van der Waals surface area contributed by atoms with Crippen molar-refractivity contribution in [3.63, 3.8) is 0 Å². The van der Waals surface area contributed by atoms with Crippen molar-refractivity contribution in [3.05, 3.63) is 72.4 Å². The molecule has 0 atom stereocenters. The van der Waals surface area contributed by atoms with Crippen molar-refractivity contribution in [2.45, 2.75) is 0 Å². The second kappa shape index (κ2) is 8.52. The highest BCUT2D eigenvalue weighted by Crippen LogP contribution is 2.30. The van der Waals surface area contributed by atoms with E-state index in [9.17, 15) is 5.26 Å². The Bertz CT molecular complexity index is 1310. The maximum absolute atomic E-state index is 9.28. The number of hydrogen-bond acceptors (Lipinski definition) is 7. The number of piperazine rings is 1. The molecule has 1 saturated heterocycles. The second-order valence-corrected chi connectivity index (χ2v) is 7.61. The van der Waals surface area contributed by atoms with E-state index in [4.69, 9.17) is 9.72 Å². The van der Waals surface area contributed by atoms with Crippen LogP contribution in [0, 0.1) is 11.3 Å². The predicted octanol–water partition coefficient (Wildman–Crippen LogP) is 3.90. The first-order valence-corrected chi connectivity index (χ1v) is 10.5. The molecule has 0 radical (unpaired) electrons. The molecule has 1 aliphatic heterocycles. The zero-order valence-corrected chi connectivity index (χ0v) is 17.8. The zero-order valence-electron chi connectivity index (χ0n) is 17.8. The number of pyridine rings is 1. The fourth-order valence-corrected chi connectivity index (χ4v) is 4.04. The second-order valence-electron chi connectivity index (χ2n) is 7.61. The summed E-state index contributed by atoms with van der Waals surface area (Å²) in [6.07, 6.45) is 1.72. The molecule has 32 heavy (non-hydrogen) atoms. The van der Waals surface area contributed by atoms with Gasteiger partial charge < -0.3 is 14.5 Å². The van der Waals surface area contributed by atoms with Gasteiger partial charge in [0.1, 0.15) is 5.82 Å². The first-order valence-electron chi connectivity index (χ1n) is 10.5. The van der Waals surface area contributed by atoms with E-state index in [2.05, 4.69) is 50.1 Å². The molecule has 0 aliphatic carbocycles. The maximum Gasteiger partial charge on any atom is 0.228 e. The van der Waals surface area contributed by atoms with E-state index in [0.29, 0.717) is 17.4 Å². The standard InChI is InChI=1S/C25H22N6O/c1-32-23-10-11-27-25(29-23)31-14-12-30(13-15-31)22-9-8-19-5-3-7-21(24(19)28-22)20-6-2-4-18(16-20)17-26/h2-11,16H,12-15H2,1H3. The van der Waals surface area contributed by atoms with Crippen LogP contribution in [0.2, 0.25) is 0 Å². The lowest BCUT2D eigenvalue weighted by Gasteiger charge is -2.35. The molecule has 2 aromatic heterocycles. The van der Waals surface area contributed by atoms with Crippen molar-refractivity contribution in [2.75, 3.05) is 43.1 Å². The highest BCUT2D eigenvalue weighted by Gasteiger charge is 2.21. The minimum atomic E-state index is 0.571. The number of rotatable bonds is 4. The number of methoxy groups -OCH3 is 1. The first-order chi connectivity index (χ1) is 15.7.